The summed E-state index contributed by atoms with van der Waals surface area (Å²) in [5, 5.41) is 4.89. The van der Waals surface area contributed by atoms with Crippen LogP contribution in [0.1, 0.15) is 47.3 Å². The van der Waals surface area contributed by atoms with E-state index in [1.807, 2.05) is 44.2 Å². The fraction of sp³-hybridized carbons (Fsp3) is 0.348. The summed E-state index contributed by atoms with van der Waals surface area (Å²) < 4.78 is 6.01. The van der Waals surface area contributed by atoms with E-state index in [1.54, 1.807) is 12.4 Å². The van der Waals surface area contributed by atoms with Gasteiger partial charge in [-0.05, 0) is 73.4 Å². The first-order valence-corrected chi connectivity index (χ1v) is 9.86. The van der Waals surface area contributed by atoms with E-state index in [0.717, 1.165) is 34.2 Å². The Morgan fingerprint density at radius 3 is 2.75 bits per heavy atom. The predicted molar refractivity (Wildman–Crippen MR) is 111 cm³/mol. The Labute approximate surface area is 165 Å². The molecule has 1 amide bonds. The maximum atomic E-state index is 12.6. The van der Waals surface area contributed by atoms with Gasteiger partial charge in [-0.2, -0.15) is 0 Å². The molecule has 4 rings (SSSR count). The third kappa shape index (κ3) is 3.98. The van der Waals surface area contributed by atoms with Crippen molar-refractivity contribution in [2.75, 3.05) is 11.9 Å². The molecule has 0 spiro atoms. The molecule has 5 heteroatoms. The van der Waals surface area contributed by atoms with Gasteiger partial charge in [-0.15, -0.1) is 0 Å². The van der Waals surface area contributed by atoms with Crippen molar-refractivity contribution in [1.82, 2.24) is 9.97 Å². The molecular formula is C23H25N3O2. The highest BCUT2D eigenvalue weighted by Gasteiger charge is 2.17. The van der Waals surface area contributed by atoms with Gasteiger partial charge in [0.15, 0.2) is 0 Å². The molecule has 0 atom stereocenters. The molecule has 0 radical (unpaired) electrons. The molecule has 1 aromatic carbocycles. The van der Waals surface area contributed by atoms with E-state index in [1.165, 1.54) is 25.7 Å². The minimum absolute atomic E-state index is 0.205. The zero-order valence-electron chi connectivity index (χ0n) is 16.4. The number of pyridine rings is 2. The first-order valence-electron chi connectivity index (χ1n) is 9.86. The van der Waals surface area contributed by atoms with E-state index in [4.69, 9.17) is 4.74 Å². The molecule has 28 heavy (non-hydrogen) atoms. The highest BCUT2D eigenvalue weighted by molar-refractivity contribution is 6.05. The summed E-state index contributed by atoms with van der Waals surface area (Å²) in [6, 6.07) is 9.68. The summed E-state index contributed by atoms with van der Waals surface area (Å²) in [6.07, 6.45) is 8.55. The summed E-state index contributed by atoms with van der Waals surface area (Å²) >= 11 is 0. The molecule has 0 unspecified atom stereocenters. The number of ether oxygens (including phenoxy) is 1. The Bertz CT molecular complexity index is 1010. The number of aryl methyl sites for hydroxylation is 2. The van der Waals surface area contributed by atoms with Crippen molar-refractivity contribution in [2.24, 2.45) is 5.92 Å². The van der Waals surface area contributed by atoms with Gasteiger partial charge in [-0.1, -0.05) is 18.9 Å². The maximum absolute atomic E-state index is 12.6. The zero-order chi connectivity index (χ0) is 19.5. The molecule has 1 aliphatic rings. The number of amides is 1. The van der Waals surface area contributed by atoms with Gasteiger partial charge in [0, 0.05) is 23.5 Å². The van der Waals surface area contributed by atoms with Crippen molar-refractivity contribution < 1.29 is 9.53 Å². The van der Waals surface area contributed by atoms with Crippen LogP contribution in [0.2, 0.25) is 0 Å². The van der Waals surface area contributed by atoms with Crippen LogP contribution in [0.4, 0.5) is 5.69 Å². The average Bonchev–Trinajstić information content (AvgIpc) is 3.19. The quantitative estimate of drug-likeness (QED) is 0.676. The number of aromatic nitrogens is 2. The number of nitrogens with zero attached hydrogens (tertiary/aromatic N) is 2. The molecule has 1 aliphatic carbocycles. The third-order valence-electron chi connectivity index (χ3n) is 5.35. The van der Waals surface area contributed by atoms with E-state index in [9.17, 15) is 4.79 Å². The van der Waals surface area contributed by atoms with Crippen LogP contribution in [-0.2, 0) is 0 Å². The standard InChI is InChI=1S/C23H25N3O2/c1-15-11-16(2)21(25-13-15)22(27)26-19-7-8-20-18(12-19)9-10-24-23(20)28-14-17-5-3-4-6-17/h7-13,17H,3-6,14H2,1-2H3,(H,26,27). The van der Waals surface area contributed by atoms with Crippen LogP contribution >= 0.6 is 0 Å². The smallest absolute Gasteiger partial charge is 0.274 e. The molecule has 1 N–H and O–H groups in total. The lowest BCUT2D eigenvalue weighted by Gasteiger charge is -2.13. The first kappa shape index (κ1) is 18.4. The Morgan fingerprint density at radius 1 is 1.14 bits per heavy atom. The van der Waals surface area contributed by atoms with Gasteiger partial charge in [0.25, 0.3) is 5.91 Å². The monoisotopic (exact) mass is 375 g/mol. The molecule has 2 aromatic heterocycles. The lowest BCUT2D eigenvalue weighted by Crippen LogP contribution is -2.15. The van der Waals surface area contributed by atoms with E-state index in [0.29, 0.717) is 17.5 Å². The molecule has 2 heterocycles. The number of nitrogens with one attached hydrogen (secondary N) is 1. The summed E-state index contributed by atoms with van der Waals surface area (Å²) in [5.41, 5.74) is 3.08. The van der Waals surface area contributed by atoms with Gasteiger partial charge in [-0.3, -0.25) is 9.78 Å². The third-order valence-corrected chi connectivity index (χ3v) is 5.35. The number of anilines is 1. The Kier molecular flexibility index (Phi) is 5.24. The lowest BCUT2D eigenvalue weighted by molar-refractivity contribution is 0.102. The molecule has 1 saturated carbocycles. The van der Waals surface area contributed by atoms with Crippen LogP contribution in [0.25, 0.3) is 10.8 Å². The van der Waals surface area contributed by atoms with Crippen molar-refractivity contribution in [3.63, 3.8) is 0 Å². The normalized spacial score (nSPS) is 14.4. The van der Waals surface area contributed by atoms with Crippen molar-refractivity contribution in [3.05, 3.63) is 59.5 Å². The van der Waals surface area contributed by atoms with E-state index >= 15 is 0 Å². The average molecular weight is 375 g/mol. The highest BCUT2D eigenvalue weighted by Crippen LogP contribution is 2.29. The second kappa shape index (κ2) is 7.97. The molecule has 0 aliphatic heterocycles. The van der Waals surface area contributed by atoms with E-state index in [2.05, 4.69) is 15.3 Å². The van der Waals surface area contributed by atoms with Gasteiger partial charge in [0.1, 0.15) is 5.69 Å². The molecule has 5 nitrogen and oxygen atoms in total. The number of hydrogen-bond acceptors (Lipinski definition) is 4. The number of fused-ring (bicyclic) bond motifs is 1. The fourth-order valence-electron chi connectivity index (χ4n) is 3.86. The van der Waals surface area contributed by atoms with Crippen molar-refractivity contribution >= 4 is 22.4 Å². The molecule has 1 fully saturated rings. The number of carbonyl (C=O) groups is 1. The number of carbonyl (C=O) groups excluding carboxylic acids is 1. The molecule has 3 aromatic rings. The van der Waals surface area contributed by atoms with Gasteiger partial charge < -0.3 is 10.1 Å². The topological polar surface area (TPSA) is 64.1 Å². The van der Waals surface area contributed by atoms with Gasteiger partial charge >= 0.3 is 0 Å². The van der Waals surface area contributed by atoms with Gasteiger partial charge in [0.2, 0.25) is 5.88 Å². The Hall–Kier alpha value is -2.95. The SMILES string of the molecule is Cc1cnc(C(=O)Nc2ccc3c(OCC4CCCC4)nccc3c2)c(C)c1. The lowest BCUT2D eigenvalue weighted by atomic mass is 10.1. The Balaban J connectivity index is 1.52. The summed E-state index contributed by atoms with van der Waals surface area (Å²) in [4.78, 5) is 21.3. The van der Waals surface area contributed by atoms with Crippen molar-refractivity contribution in [2.45, 2.75) is 39.5 Å². The summed E-state index contributed by atoms with van der Waals surface area (Å²) in [6.45, 7) is 4.59. The largest absolute Gasteiger partial charge is 0.477 e. The second-order valence-electron chi connectivity index (χ2n) is 7.65. The minimum atomic E-state index is -0.205. The van der Waals surface area contributed by atoms with Crippen LogP contribution in [0, 0.1) is 19.8 Å². The van der Waals surface area contributed by atoms with Gasteiger partial charge in [0.05, 0.1) is 6.61 Å². The molecule has 0 bridgehead atoms. The second-order valence-corrected chi connectivity index (χ2v) is 7.65. The minimum Gasteiger partial charge on any atom is -0.477 e. The number of rotatable bonds is 5. The van der Waals surface area contributed by atoms with E-state index < -0.39 is 0 Å². The molecule has 0 saturated heterocycles. The predicted octanol–water partition coefficient (Wildman–Crippen LogP) is 5.07. The first-order chi connectivity index (χ1) is 13.6. The van der Waals surface area contributed by atoms with Crippen LogP contribution in [0.3, 0.4) is 0 Å². The fourth-order valence-corrected chi connectivity index (χ4v) is 3.86. The summed E-state index contributed by atoms with van der Waals surface area (Å²) in [5.74, 6) is 1.10. The highest BCUT2D eigenvalue weighted by atomic mass is 16.5. The summed E-state index contributed by atoms with van der Waals surface area (Å²) in [7, 11) is 0. The maximum Gasteiger partial charge on any atom is 0.274 e. The van der Waals surface area contributed by atoms with Crippen LogP contribution in [0.15, 0.2) is 42.7 Å². The van der Waals surface area contributed by atoms with Gasteiger partial charge in [-0.25, -0.2) is 4.98 Å². The van der Waals surface area contributed by atoms with E-state index in [-0.39, 0.29) is 5.91 Å². The van der Waals surface area contributed by atoms with Crippen LogP contribution in [0.5, 0.6) is 5.88 Å². The molecular weight excluding hydrogens is 350 g/mol. The van der Waals surface area contributed by atoms with Crippen LogP contribution in [-0.4, -0.2) is 22.5 Å². The number of benzene rings is 1. The zero-order valence-corrected chi connectivity index (χ0v) is 16.4. The van der Waals surface area contributed by atoms with Crippen LogP contribution < -0.4 is 10.1 Å². The van der Waals surface area contributed by atoms with Crippen molar-refractivity contribution in [1.29, 1.82) is 0 Å². The Morgan fingerprint density at radius 2 is 1.96 bits per heavy atom. The van der Waals surface area contributed by atoms with Crippen molar-refractivity contribution in [3.8, 4) is 5.88 Å². The number of hydrogen-bond donors (Lipinski definition) is 1. The molecule has 144 valence electrons.